The van der Waals surface area contributed by atoms with E-state index < -0.39 is 0 Å². The lowest BCUT2D eigenvalue weighted by molar-refractivity contribution is 0.372. The van der Waals surface area contributed by atoms with Gasteiger partial charge < -0.3 is 19.7 Å². The zero-order chi connectivity index (χ0) is 22.9. The molecule has 4 heterocycles. The smallest absolute Gasteiger partial charge is 0.137 e. The molecule has 1 aromatic carbocycles. The third-order valence-corrected chi connectivity index (χ3v) is 6.80. The Balaban J connectivity index is 1.37. The van der Waals surface area contributed by atoms with Crippen LogP contribution in [0.15, 0.2) is 30.7 Å². The molecule has 7 nitrogen and oxygen atoms in total. The van der Waals surface area contributed by atoms with Crippen LogP contribution in [-0.4, -0.2) is 64.7 Å². The molecule has 0 aliphatic carbocycles. The molecule has 1 N–H and O–H groups in total. The highest BCUT2D eigenvalue weighted by Gasteiger charge is 2.28. The number of nitrogens with one attached hydrogen (secondary N) is 1. The summed E-state index contributed by atoms with van der Waals surface area (Å²) in [5.74, 6) is 3.43. The summed E-state index contributed by atoms with van der Waals surface area (Å²) < 4.78 is 16.1. The molecule has 0 radical (unpaired) electrons. The second-order valence-electron chi connectivity index (χ2n) is 9.41. The minimum absolute atomic E-state index is 0.176. The van der Waals surface area contributed by atoms with Crippen LogP contribution in [0.5, 0.6) is 0 Å². The molecule has 0 spiro atoms. The van der Waals surface area contributed by atoms with Crippen LogP contribution in [-0.2, 0) is 13.0 Å². The standard InChI is InChI=1S/C25H32FN7/c1-17-14-19(4-5-21(17)26)22-15-33(13-12-31(2)3)24(30-22)18-7-10-32(11-8-18)25-20-6-9-27-23(20)28-16-29-25/h4-5,14-16,18H,6-13H2,1-3H3,(H,27,28,29). The van der Waals surface area contributed by atoms with Gasteiger partial charge in [-0.05, 0) is 64.0 Å². The summed E-state index contributed by atoms with van der Waals surface area (Å²) in [6, 6.07) is 5.26. The molecule has 0 amide bonds. The van der Waals surface area contributed by atoms with Crippen LogP contribution in [0, 0.1) is 12.7 Å². The Kier molecular flexibility index (Phi) is 6.01. The van der Waals surface area contributed by atoms with Crippen molar-refractivity contribution in [3.63, 3.8) is 0 Å². The van der Waals surface area contributed by atoms with Crippen molar-refractivity contribution in [2.45, 2.75) is 38.6 Å². The van der Waals surface area contributed by atoms with E-state index in [-0.39, 0.29) is 5.82 Å². The summed E-state index contributed by atoms with van der Waals surface area (Å²) >= 11 is 0. The highest BCUT2D eigenvalue weighted by atomic mass is 19.1. The zero-order valence-electron chi connectivity index (χ0n) is 19.7. The van der Waals surface area contributed by atoms with Gasteiger partial charge in [0.25, 0.3) is 0 Å². The van der Waals surface area contributed by atoms with Gasteiger partial charge in [0.05, 0.1) is 5.69 Å². The highest BCUT2D eigenvalue weighted by Crippen LogP contribution is 2.34. The highest BCUT2D eigenvalue weighted by molar-refractivity contribution is 5.62. The van der Waals surface area contributed by atoms with E-state index in [0.717, 1.165) is 80.7 Å². The van der Waals surface area contributed by atoms with Crippen LogP contribution in [0.1, 0.15) is 35.7 Å². The first-order valence-corrected chi connectivity index (χ1v) is 11.8. The lowest BCUT2D eigenvalue weighted by Gasteiger charge is -2.33. The van der Waals surface area contributed by atoms with Gasteiger partial charge in [0.1, 0.15) is 29.6 Å². The van der Waals surface area contributed by atoms with Crippen molar-refractivity contribution in [1.82, 2.24) is 24.4 Å². The topological polar surface area (TPSA) is 62.1 Å². The molecule has 2 aromatic heterocycles. The van der Waals surface area contributed by atoms with Crippen LogP contribution < -0.4 is 10.2 Å². The van der Waals surface area contributed by atoms with Gasteiger partial charge in [-0.2, -0.15) is 0 Å². The van der Waals surface area contributed by atoms with Crippen molar-refractivity contribution in [1.29, 1.82) is 0 Å². The predicted octanol–water partition coefficient (Wildman–Crippen LogP) is 3.70. The first-order valence-electron chi connectivity index (χ1n) is 11.8. The maximum absolute atomic E-state index is 13.8. The van der Waals surface area contributed by atoms with E-state index in [4.69, 9.17) is 4.98 Å². The fourth-order valence-electron chi connectivity index (χ4n) is 4.90. The van der Waals surface area contributed by atoms with E-state index in [0.29, 0.717) is 11.5 Å². The summed E-state index contributed by atoms with van der Waals surface area (Å²) in [5, 5.41) is 3.35. The Morgan fingerprint density at radius 2 is 2.00 bits per heavy atom. The number of imidazole rings is 1. The molecule has 1 saturated heterocycles. The monoisotopic (exact) mass is 449 g/mol. The van der Waals surface area contributed by atoms with Crippen molar-refractivity contribution >= 4 is 11.6 Å². The van der Waals surface area contributed by atoms with Gasteiger partial charge in [0.15, 0.2) is 0 Å². The van der Waals surface area contributed by atoms with Crippen LogP contribution in [0.4, 0.5) is 16.0 Å². The van der Waals surface area contributed by atoms with Crippen molar-refractivity contribution in [3.8, 4) is 11.3 Å². The number of likely N-dealkylation sites (N-methyl/N-ethyl adjacent to an activating group) is 1. The number of hydrogen-bond donors (Lipinski definition) is 1. The van der Waals surface area contributed by atoms with Gasteiger partial charge in [0.2, 0.25) is 0 Å². The Bertz CT molecular complexity index is 1130. The average molecular weight is 450 g/mol. The van der Waals surface area contributed by atoms with E-state index in [1.165, 1.54) is 11.6 Å². The third kappa shape index (κ3) is 4.44. The maximum Gasteiger partial charge on any atom is 0.137 e. The van der Waals surface area contributed by atoms with E-state index in [1.807, 2.05) is 12.1 Å². The normalized spacial score (nSPS) is 16.3. The average Bonchev–Trinajstić information content (AvgIpc) is 3.47. The number of hydrogen-bond acceptors (Lipinski definition) is 6. The van der Waals surface area contributed by atoms with E-state index >= 15 is 0 Å². The Morgan fingerprint density at radius 1 is 1.18 bits per heavy atom. The number of benzene rings is 1. The minimum atomic E-state index is -0.176. The molecular formula is C25H32FN7. The van der Waals surface area contributed by atoms with Crippen LogP contribution in [0.2, 0.25) is 0 Å². The maximum atomic E-state index is 13.8. The molecule has 0 saturated carbocycles. The fourth-order valence-corrected chi connectivity index (χ4v) is 4.90. The summed E-state index contributed by atoms with van der Waals surface area (Å²) in [5.41, 5.74) is 3.80. The molecule has 174 valence electrons. The summed E-state index contributed by atoms with van der Waals surface area (Å²) in [6.07, 6.45) is 6.87. The van der Waals surface area contributed by atoms with Gasteiger partial charge in [-0.3, -0.25) is 0 Å². The number of halogens is 1. The van der Waals surface area contributed by atoms with E-state index in [9.17, 15) is 4.39 Å². The quantitative estimate of drug-likeness (QED) is 0.619. The molecule has 2 aliphatic heterocycles. The number of fused-ring (bicyclic) bond motifs is 1. The van der Waals surface area contributed by atoms with Gasteiger partial charge in [-0.15, -0.1) is 0 Å². The van der Waals surface area contributed by atoms with Crippen molar-refractivity contribution in [2.24, 2.45) is 0 Å². The molecule has 8 heteroatoms. The van der Waals surface area contributed by atoms with Gasteiger partial charge in [-0.25, -0.2) is 19.3 Å². The number of piperidine rings is 1. The van der Waals surface area contributed by atoms with Crippen molar-refractivity contribution in [2.75, 3.05) is 50.5 Å². The van der Waals surface area contributed by atoms with E-state index in [1.54, 1.807) is 13.3 Å². The summed E-state index contributed by atoms with van der Waals surface area (Å²) in [6.45, 7) is 6.49. The SMILES string of the molecule is Cc1cc(-c2cn(CCN(C)C)c(C3CCN(c4ncnc5c4CCN5)CC3)n2)ccc1F. The number of anilines is 2. The van der Waals surface area contributed by atoms with Crippen LogP contribution in [0.3, 0.4) is 0 Å². The number of nitrogens with zero attached hydrogens (tertiary/aromatic N) is 6. The molecule has 33 heavy (non-hydrogen) atoms. The number of aromatic nitrogens is 4. The largest absolute Gasteiger partial charge is 0.369 e. The second-order valence-corrected chi connectivity index (χ2v) is 9.41. The molecule has 0 unspecified atom stereocenters. The number of aryl methyl sites for hydroxylation is 1. The molecule has 5 rings (SSSR count). The zero-order valence-corrected chi connectivity index (χ0v) is 19.7. The lowest BCUT2D eigenvalue weighted by atomic mass is 9.95. The Morgan fingerprint density at radius 3 is 2.76 bits per heavy atom. The molecule has 2 aliphatic rings. The summed E-state index contributed by atoms with van der Waals surface area (Å²) in [7, 11) is 4.18. The van der Waals surface area contributed by atoms with Crippen molar-refractivity contribution < 1.29 is 4.39 Å². The minimum Gasteiger partial charge on any atom is -0.369 e. The van der Waals surface area contributed by atoms with E-state index in [2.05, 4.69) is 49.9 Å². The fraction of sp³-hybridized carbons (Fsp3) is 0.480. The van der Waals surface area contributed by atoms with Crippen LogP contribution in [0.25, 0.3) is 11.3 Å². The van der Waals surface area contributed by atoms with Gasteiger partial charge in [-0.1, -0.05) is 0 Å². The molecule has 1 fully saturated rings. The van der Waals surface area contributed by atoms with Gasteiger partial charge >= 0.3 is 0 Å². The first-order chi connectivity index (χ1) is 16.0. The van der Waals surface area contributed by atoms with Gasteiger partial charge in [0, 0.05) is 56.0 Å². The Hall–Kier alpha value is -3.00. The van der Waals surface area contributed by atoms with Crippen LogP contribution >= 0.6 is 0 Å². The Labute approximate surface area is 194 Å². The number of rotatable bonds is 6. The molecule has 0 bridgehead atoms. The molecular weight excluding hydrogens is 417 g/mol. The molecule has 0 atom stereocenters. The first kappa shape index (κ1) is 21.8. The predicted molar refractivity (Wildman–Crippen MR) is 129 cm³/mol. The lowest BCUT2D eigenvalue weighted by Crippen LogP contribution is -2.35. The third-order valence-electron chi connectivity index (χ3n) is 6.80. The molecule has 3 aromatic rings. The van der Waals surface area contributed by atoms with Crippen molar-refractivity contribution in [3.05, 3.63) is 53.5 Å². The summed E-state index contributed by atoms with van der Waals surface area (Å²) in [4.78, 5) is 18.7. The second kappa shape index (κ2) is 9.09.